The Morgan fingerprint density at radius 3 is 1.84 bits per heavy atom. The van der Waals surface area contributed by atoms with Crippen molar-refractivity contribution in [3.05, 3.63) is 29.8 Å². The Hall–Kier alpha value is -4.89. The summed E-state index contributed by atoms with van der Waals surface area (Å²) in [7, 11) is 0. The number of guanidine groups is 1. The van der Waals surface area contributed by atoms with Crippen LogP contribution in [0.5, 0.6) is 5.75 Å². The fraction of sp³-hybridized carbons (Fsp3) is 0.675. The van der Waals surface area contributed by atoms with E-state index in [1.54, 1.807) is 12.1 Å². The number of benzene rings is 1. The monoisotopic (exact) mass is 781 g/mol. The van der Waals surface area contributed by atoms with E-state index in [1.807, 2.05) is 0 Å². The van der Waals surface area contributed by atoms with Gasteiger partial charge in [-0.05, 0) is 68.1 Å². The summed E-state index contributed by atoms with van der Waals surface area (Å²) in [5.41, 5.74) is 17.0. The molecule has 11 N–H and O–H groups in total. The van der Waals surface area contributed by atoms with Crippen LogP contribution >= 0.6 is 0 Å². The molecule has 16 nitrogen and oxygen atoms in total. The lowest BCUT2D eigenvalue weighted by Gasteiger charge is -2.43. The lowest BCUT2D eigenvalue weighted by Crippen LogP contribution is -2.65. The Balaban J connectivity index is 1.48. The number of likely N-dealkylation sites (tertiary alicyclic amines) is 1. The average Bonchev–Trinajstić information content (AvgIpc) is 3.14. The summed E-state index contributed by atoms with van der Waals surface area (Å²) in [5, 5.41) is 21.1. The number of phenolic OH excluding ortho intramolecular Hbond substituents is 1. The smallest absolute Gasteiger partial charge is 0.245 e. The number of phenols is 1. The minimum absolute atomic E-state index is 0.0282. The summed E-state index contributed by atoms with van der Waals surface area (Å²) in [6, 6.07) is 1.46. The largest absolute Gasteiger partial charge is 0.508 e. The van der Waals surface area contributed by atoms with E-state index in [-0.39, 0.29) is 42.3 Å². The molecule has 16 heteroatoms. The Kier molecular flexibility index (Phi) is 17.2. The number of nitrogens with one attached hydrogen (secondary N) is 4. The third kappa shape index (κ3) is 14.0. The van der Waals surface area contributed by atoms with Gasteiger partial charge in [0.15, 0.2) is 5.96 Å². The standard InChI is InChI=1S/C40H63N9O7/c1-25(50)45-31(22-26-10-4-2-5-11-26)36(53)48-33(24-27-12-6-3-7-13-27)39(56)49-21-19-34(49)38(55)47-32(23-28-15-17-29(51)18-16-28)37(54)46-30(35(41)52)14-8-9-20-44-40(42)43/h15-18,26-27,30-34,51H,2-14,19-24H2,1H3,(H2,41,52)(H,45,50)(H,46,54)(H,47,55)(H,48,53)(H4,42,43,44)/t30-,31-,32+,33+,34-/m0/s1. The number of primary amides is 1. The summed E-state index contributed by atoms with van der Waals surface area (Å²) in [4.78, 5) is 85.7. The second-order valence-electron chi connectivity index (χ2n) is 15.8. The molecule has 1 saturated heterocycles. The summed E-state index contributed by atoms with van der Waals surface area (Å²) >= 11 is 0. The van der Waals surface area contributed by atoms with E-state index >= 15 is 0 Å². The van der Waals surface area contributed by atoms with Crippen LogP contribution < -0.4 is 38.5 Å². The summed E-state index contributed by atoms with van der Waals surface area (Å²) in [5.74, 6) is -2.49. The molecule has 1 heterocycles. The Bertz CT molecular complexity index is 1520. The molecule has 2 aliphatic carbocycles. The lowest BCUT2D eigenvalue weighted by atomic mass is 9.83. The van der Waals surface area contributed by atoms with Gasteiger partial charge in [0.05, 0.1) is 0 Å². The number of amides is 6. The van der Waals surface area contributed by atoms with Crippen molar-refractivity contribution in [1.82, 2.24) is 26.2 Å². The molecule has 56 heavy (non-hydrogen) atoms. The van der Waals surface area contributed by atoms with Gasteiger partial charge in [0.25, 0.3) is 0 Å². The predicted molar refractivity (Wildman–Crippen MR) is 211 cm³/mol. The van der Waals surface area contributed by atoms with Crippen LogP contribution in [0.2, 0.25) is 0 Å². The molecule has 2 saturated carbocycles. The Morgan fingerprint density at radius 1 is 0.732 bits per heavy atom. The van der Waals surface area contributed by atoms with Crippen LogP contribution in [0, 0.1) is 11.8 Å². The topological polar surface area (TPSA) is 264 Å². The number of carbonyl (C=O) groups is 6. The SMILES string of the molecule is CC(=O)N[C@@H](CC1CCCCC1)C(=O)N[C@H](CC1CCCCC1)C(=O)N1CC[C@H]1C(=O)N[C@H](Cc1ccc(O)cc1)C(=O)N[C@@H](CCCCN=C(N)N)C(N)=O. The number of aliphatic imine (C=N–C) groups is 1. The number of nitrogens with two attached hydrogens (primary N) is 3. The first-order valence-electron chi connectivity index (χ1n) is 20.4. The Morgan fingerprint density at radius 2 is 1.30 bits per heavy atom. The fourth-order valence-corrected chi connectivity index (χ4v) is 8.18. The van der Waals surface area contributed by atoms with Crippen LogP contribution in [0.4, 0.5) is 0 Å². The number of hydrogen-bond acceptors (Lipinski definition) is 8. The van der Waals surface area contributed by atoms with Crippen molar-refractivity contribution in [3.8, 4) is 5.75 Å². The van der Waals surface area contributed by atoms with Crippen LogP contribution in [0.3, 0.4) is 0 Å². The van der Waals surface area contributed by atoms with E-state index < -0.39 is 53.8 Å². The highest BCUT2D eigenvalue weighted by Gasteiger charge is 2.43. The van der Waals surface area contributed by atoms with Gasteiger partial charge in [-0.2, -0.15) is 0 Å². The number of carbonyl (C=O) groups excluding carboxylic acids is 6. The minimum Gasteiger partial charge on any atom is -0.508 e. The average molecular weight is 782 g/mol. The van der Waals surface area contributed by atoms with E-state index in [0.717, 1.165) is 64.2 Å². The van der Waals surface area contributed by atoms with E-state index in [2.05, 4.69) is 26.3 Å². The van der Waals surface area contributed by atoms with E-state index in [0.29, 0.717) is 56.7 Å². The van der Waals surface area contributed by atoms with Crippen molar-refractivity contribution in [1.29, 1.82) is 0 Å². The molecule has 4 rings (SSSR count). The molecular weight excluding hydrogens is 718 g/mol. The van der Waals surface area contributed by atoms with Gasteiger partial charge >= 0.3 is 0 Å². The maximum absolute atomic E-state index is 14.3. The lowest BCUT2D eigenvalue weighted by molar-refractivity contribution is -0.151. The molecular formula is C40H63N9O7. The van der Waals surface area contributed by atoms with Gasteiger partial charge in [-0.25, -0.2) is 0 Å². The van der Waals surface area contributed by atoms with Crippen LogP contribution in [0.1, 0.15) is 115 Å². The first-order valence-corrected chi connectivity index (χ1v) is 20.4. The van der Waals surface area contributed by atoms with Gasteiger partial charge in [0.2, 0.25) is 35.4 Å². The third-order valence-electron chi connectivity index (χ3n) is 11.4. The van der Waals surface area contributed by atoms with Crippen molar-refractivity contribution < 1.29 is 33.9 Å². The molecule has 0 spiro atoms. The van der Waals surface area contributed by atoms with Crippen molar-refractivity contribution >= 4 is 41.4 Å². The van der Waals surface area contributed by atoms with Crippen molar-refractivity contribution in [3.63, 3.8) is 0 Å². The zero-order valence-corrected chi connectivity index (χ0v) is 32.8. The quantitative estimate of drug-likeness (QED) is 0.0539. The summed E-state index contributed by atoms with van der Waals surface area (Å²) in [6.45, 7) is 2.03. The second kappa shape index (κ2) is 22.0. The van der Waals surface area contributed by atoms with E-state index in [9.17, 15) is 33.9 Å². The molecule has 0 unspecified atom stereocenters. The zero-order valence-electron chi connectivity index (χ0n) is 32.8. The number of unbranched alkanes of at least 4 members (excludes halogenated alkanes) is 1. The number of nitrogens with zero attached hydrogens (tertiary/aromatic N) is 2. The third-order valence-corrected chi connectivity index (χ3v) is 11.4. The molecule has 1 aromatic carbocycles. The first kappa shape index (κ1) is 43.8. The van der Waals surface area contributed by atoms with Crippen LogP contribution in [-0.4, -0.2) is 94.7 Å². The number of rotatable bonds is 20. The summed E-state index contributed by atoms with van der Waals surface area (Å²) in [6.07, 6.45) is 13.0. The maximum atomic E-state index is 14.3. The normalized spacial score (nSPS) is 19.6. The fourth-order valence-electron chi connectivity index (χ4n) is 8.18. The molecule has 1 aliphatic heterocycles. The van der Waals surface area contributed by atoms with Gasteiger partial charge in [0, 0.05) is 26.4 Å². The molecule has 5 atom stereocenters. The molecule has 3 fully saturated rings. The first-order chi connectivity index (χ1) is 26.8. The van der Waals surface area contributed by atoms with Gasteiger partial charge < -0.3 is 48.5 Å². The highest BCUT2D eigenvalue weighted by Crippen LogP contribution is 2.30. The molecule has 310 valence electrons. The van der Waals surface area contributed by atoms with Gasteiger partial charge in [-0.3, -0.25) is 33.8 Å². The molecule has 0 aromatic heterocycles. The molecule has 0 bridgehead atoms. The van der Waals surface area contributed by atoms with E-state index in [4.69, 9.17) is 17.2 Å². The minimum atomic E-state index is -1.15. The maximum Gasteiger partial charge on any atom is 0.245 e. The van der Waals surface area contributed by atoms with Crippen molar-refractivity contribution in [2.24, 2.45) is 34.0 Å². The second-order valence-corrected chi connectivity index (χ2v) is 15.8. The Labute approximate surface area is 329 Å². The van der Waals surface area contributed by atoms with Gasteiger partial charge in [0.1, 0.15) is 36.0 Å². The van der Waals surface area contributed by atoms with Crippen molar-refractivity contribution in [2.45, 2.75) is 146 Å². The van der Waals surface area contributed by atoms with Crippen LogP contribution in [0.25, 0.3) is 0 Å². The van der Waals surface area contributed by atoms with E-state index in [1.165, 1.54) is 24.0 Å². The molecule has 0 radical (unpaired) electrons. The molecule has 1 aromatic rings. The predicted octanol–water partition coefficient (Wildman–Crippen LogP) is 1.36. The van der Waals surface area contributed by atoms with Crippen molar-refractivity contribution in [2.75, 3.05) is 13.1 Å². The van der Waals surface area contributed by atoms with Crippen LogP contribution in [-0.2, 0) is 35.2 Å². The van der Waals surface area contributed by atoms with Gasteiger partial charge in [-0.15, -0.1) is 0 Å². The highest BCUT2D eigenvalue weighted by atomic mass is 16.3. The molecule has 3 aliphatic rings. The molecule has 6 amide bonds. The number of aromatic hydroxyl groups is 1. The highest BCUT2D eigenvalue weighted by molar-refractivity contribution is 5.97. The zero-order chi connectivity index (χ0) is 40.6. The summed E-state index contributed by atoms with van der Waals surface area (Å²) < 4.78 is 0. The number of hydrogen-bond donors (Lipinski definition) is 8. The van der Waals surface area contributed by atoms with Gasteiger partial charge in [-0.1, -0.05) is 76.3 Å². The van der Waals surface area contributed by atoms with Crippen LogP contribution in [0.15, 0.2) is 29.3 Å².